The summed E-state index contributed by atoms with van der Waals surface area (Å²) in [7, 11) is 0. The fraction of sp³-hybridized carbons (Fsp3) is 0.600. The van der Waals surface area contributed by atoms with Crippen molar-refractivity contribution < 1.29 is 0 Å². The Hall–Kier alpha value is -0.630. The Morgan fingerprint density at radius 2 is 2.38 bits per heavy atom. The number of H-pyrrole nitrogens is 1. The zero-order valence-corrected chi connectivity index (χ0v) is 11.4. The normalized spacial score (nSPS) is 27.2. The van der Waals surface area contributed by atoms with Crippen LogP contribution in [0.15, 0.2) is 11.1 Å². The summed E-state index contributed by atoms with van der Waals surface area (Å²) >= 11 is 2.00. The molecule has 88 valence electrons. The Morgan fingerprint density at radius 1 is 1.69 bits per heavy atom. The Labute approximate surface area is 107 Å². The van der Waals surface area contributed by atoms with Crippen LogP contribution < -0.4 is 16.6 Å². The molecule has 0 saturated heterocycles. The van der Waals surface area contributed by atoms with E-state index in [9.17, 15) is 4.79 Å². The van der Waals surface area contributed by atoms with Gasteiger partial charge in [0.05, 0.1) is 6.33 Å². The number of nitrogens with zero attached hydrogens (tertiary/aromatic N) is 1. The van der Waals surface area contributed by atoms with Crippen LogP contribution in [0.4, 0.5) is 5.82 Å². The SMILES string of the molecule is CC1(C)C(N)CC1Nc1nc[nH]c(=O)c1I. The minimum absolute atomic E-state index is 0.0490. The van der Waals surface area contributed by atoms with Gasteiger partial charge in [-0.15, -0.1) is 0 Å². The molecule has 1 saturated carbocycles. The molecule has 0 aliphatic heterocycles. The predicted octanol–water partition coefficient (Wildman–Crippen LogP) is 0.912. The molecule has 6 heteroatoms. The van der Waals surface area contributed by atoms with Gasteiger partial charge in [-0.3, -0.25) is 4.79 Å². The fourth-order valence-electron chi connectivity index (χ4n) is 1.85. The summed E-state index contributed by atoms with van der Waals surface area (Å²) in [4.78, 5) is 18.1. The molecule has 1 aromatic heterocycles. The topological polar surface area (TPSA) is 83.8 Å². The highest BCUT2D eigenvalue weighted by atomic mass is 127. The van der Waals surface area contributed by atoms with Gasteiger partial charge in [0, 0.05) is 17.5 Å². The molecule has 1 aliphatic carbocycles. The van der Waals surface area contributed by atoms with Gasteiger partial charge in [-0.1, -0.05) is 13.8 Å². The van der Waals surface area contributed by atoms with Crippen molar-refractivity contribution in [2.45, 2.75) is 32.4 Å². The van der Waals surface area contributed by atoms with E-state index < -0.39 is 0 Å². The Morgan fingerprint density at radius 3 is 2.94 bits per heavy atom. The summed E-state index contributed by atoms with van der Waals surface area (Å²) in [6.45, 7) is 4.25. The highest BCUT2D eigenvalue weighted by Crippen LogP contribution is 2.40. The van der Waals surface area contributed by atoms with E-state index in [-0.39, 0.29) is 23.1 Å². The molecular weight excluding hydrogens is 319 g/mol. The second-order valence-corrected chi connectivity index (χ2v) is 5.83. The van der Waals surface area contributed by atoms with E-state index in [2.05, 4.69) is 29.1 Å². The summed E-state index contributed by atoms with van der Waals surface area (Å²) in [5.41, 5.74) is 5.88. The van der Waals surface area contributed by atoms with Crippen molar-refractivity contribution in [1.29, 1.82) is 0 Å². The number of hydrogen-bond donors (Lipinski definition) is 3. The van der Waals surface area contributed by atoms with Crippen molar-refractivity contribution >= 4 is 28.4 Å². The zero-order valence-electron chi connectivity index (χ0n) is 9.25. The van der Waals surface area contributed by atoms with Crippen LogP contribution >= 0.6 is 22.6 Å². The number of rotatable bonds is 2. The van der Waals surface area contributed by atoms with Gasteiger partial charge in [-0.25, -0.2) is 4.98 Å². The molecular formula is C10H15IN4O. The van der Waals surface area contributed by atoms with Crippen LogP contribution in [-0.2, 0) is 0 Å². The Kier molecular flexibility index (Phi) is 2.95. The van der Waals surface area contributed by atoms with Crippen molar-refractivity contribution in [2.24, 2.45) is 11.1 Å². The molecule has 0 bridgehead atoms. The third-order valence-corrected chi connectivity index (χ3v) is 4.45. The van der Waals surface area contributed by atoms with Gasteiger partial charge in [-0.2, -0.15) is 0 Å². The van der Waals surface area contributed by atoms with Crippen LogP contribution in [0.5, 0.6) is 0 Å². The number of hydrogen-bond acceptors (Lipinski definition) is 4. The molecule has 1 aromatic rings. The van der Waals surface area contributed by atoms with Crippen LogP contribution in [0.2, 0.25) is 0 Å². The molecule has 0 spiro atoms. The van der Waals surface area contributed by atoms with E-state index in [4.69, 9.17) is 5.73 Å². The van der Waals surface area contributed by atoms with E-state index >= 15 is 0 Å². The summed E-state index contributed by atoms with van der Waals surface area (Å²) in [5, 5.41) is 3.29. The second kappa shape index (κ2) is 3.99. The molecule has 1 fully saturated rings. The lowest BCUT2D eigenvalue weighted by atomic mass is 9.63. The van der Waals surface area contributed by atoms with Crippen LogP contribution in [0.3, 0.4) is 0 Å². The number of halogens is 1. The third kappa shape index (κ3) is 1.84. The third-order valence-electron chi connectivity index (χ3n) is 3.45. The first-order valence-corrected chi connectivity index (χ1v) is 6.26. The average molecular weight is 334 g/mol. The highest BCUT2D eigenvalue weighted by molar-refractivity contribution is 14.1. The number of nitrogens with one attached hydrogen (secondary N) is 2. The molecule has 2 rings (SSSR count). The summed E-state index contributed by atoms with van der Waals surface area (Å²) in [6, 6.07) is 0.495. The fourth-order valence-corrected chi connectivity index (χ4v) is 2.30. The van der Waals surface area contributed by atoms with E-state index in [1.807, 2.05) is 22.6 Å². The molecule has 0 amide bonds. The summed E-state index contributed by atoms with van der Waals surface area (Å²) in [6.07, 6.45) is 2.33. The first-order valence-electron chi connectivity index (χ1n) is 5.18. The summed E-state index contributed by atoms with van der Waals surface area (Å²) in [5.74, 6) is 0.648. The quantitative estimate of drug-likeness (QED) is 0.702. The number of anilines is 1. The lowest BCUT2D eigenvalue weighted by Crippen LogP contribution is -2.61. The van der Waals surface area contributed by atoms with E-state index in [0.29, 0.717) is 9.39 Å². The van der Waals surface area contributed by atoms with Gasteiger partial charge < -0.3 is 16.0 Å². The van der Waals surface area contributed by atoms with E-state index in [1.165, 1.54) is 6.33 Å². The molecule has 16 heavy (non-hydrogen) atoms. The molecule has 1 heterocycles. The number of aromatic nitrogens is 2. The van der Waals surface area contributed by atoms with Gasteiger partial charge >= 0.3 is 0 Å². The van der Waals surface area contributed by atoms with Crippen molar-refractivity contribution in [2.75, 3.05) is 5.32 Å². The molecule has 0 aromatic carbocycles. The lowest BCUT2D eigenvalue weighted by molar-refractivity contribution is 0.117. The number of nitrogens with two attached hydrogens (primary N) is 1. The lowest BCUT2D eigenvalue weighted by Gasteiger charge is -2.50. The van der Waals surface area contributed by atoms with Crippen LogP contribution in [0.25, 0.3) is 0 Å². The monoisotopic (exact) mass is 334 g/mol. The van der Waals surface area contributed by atoms with Crippen LogP contribution in [0.1, 0.15) is 20.3 Å². The van der Waals surface area contributed by atoms with Crippen molar-refractivity contribution in [3.8, 4) is 0 Å². The zero-order chi connectivity index (χ0) is 11.9. The standard InChI is InChI=1S/C10H15IN4O/c1-10(2)5(12)3-6(10)15-8-7(11)9(16)14-4-13-8/h4-6H,3,12H2,1-2H3,(H2,13,14,15,16). The smallest absolute Gasteiger partial charge is 0.266 e. The summed E-state index contributed by atoms with van der Waals surface area (Å²) < 4.78 is 0.594. The van der Waals surface area contributed by atoms with Crippen LogP contribution in [0, 0.1) is 8.99 Å². The van der Waals surface area contributed by atoms with Gasteiger partial charge in [-0.05, 0) is 29.0 Å². The maximum Gasteiger partial charge on any atom is 0.266 e. The first kappa shape index (κ1) is 11.8. The molecule has 1 aliphatic rings. The maximum atomic E-state index is 11.4. The molecule has 4 N–H and O–H groups in total. The molecule has 2 unspecified atom stereocenters. The van der Waals surface area contributed by atoms with Gasteiger partial charge in [0.25, 0.3) is 5.56 Å². The van der Waals surface area contributed by atoms with E-state index in [1.54, 1.807) is 0 Å². The van der Waals surface area contributed by atoms with Gasteiger partial charge in [0.1, 0.15) is 9.39 Å². The van der Waals surface area contributed by atoms with Crippen molar-refractivity contribution in [3.05, 3.63) is 20.3 Å². The minimum Gasteiger partial charge on any atom is -0.366 e. The first-order chi connectivity index (χ1) is 7.43. The molecule has 0 radical (unpaired) electrons. The van der Waals surface area contributed by atoms with E-state index in [0.717, 1.165) is 6.42 Å². The van der Waals surface area contributed by atoms with Gasteiger partial charge in [0.2, 0.25) is 0 Å². The van der Waals surface area contributed by atoms with Gasteiger partial charge in [0.15, 0.2) is 0 Å². The maximum absolute atomic E-state index is 11.4. The Bertz CT molecular complexity index is 456. The van der Waals surface area contributed by atoms with Crippen LogP contribution in [-0.4, -0.2) is 22.1 Å². The highest BCUT2D eigenvalue weighted by Gasteiger charge is 2.46. The molecule has 5 nitrogen and oxygen atoms in total. The number of aromatic amines is 1. The van der Waals surface area contributed by atoms with Crippen molar-refractivity contribution in [1.82, 2.24) is 9.97 Å². The second-order valence-electron chi connectivity index (χ2n) is 4.75. The predicted molar refractivity (Wildman–Crippen MR) is 71.4 cm³/mol. The minimum atomic E-state index is -0.112. The largest absolute Gasteiger partial charge is 0.366 e. The average Bonchev–Trinajstić information content (AvgIpc) is 2.24. The Balaban J connectivity index is 2.17. The molecule has 2 atom stereocenters. The van der Waals surface area contributed by atoms with Crippen molar-refractivity contribution in [3.63, 3.8) is 0 Å².